The minimum Gasteiger partial charge on any atom is -0.443 e. The topological polar surface area (TPSA) is 44.8 Å². The van der Waals surface area contributed by atoms with Gasteiger partial charge in [0.05, 0.1) is 0 Å². The minimum absolute atomic E-state index is 0.0882. The number of carbonyl (C=O) groups is 1. The molecule has 5 nitrogen and oxygen atoms in total. The van der Waals surface area contributed by atoms with Crippen molar-refractivity contribution in [2.24, 2.45) is 17.8 Å². The summed E-state index contributed by atoms with van der Waals surface area (Å²) >= 11 is 0. The van der Waals surface area contributed by atoms with Crippen LogP contribution in [-0.4, -0.2) is 39.4 Å². The summed E-state index contributed by atoms with van der Waals surface area (Å²) in [5.74, 6) is 2.33. The Hall–Kier alpha value is -3.47. The van der Waals surface area contributed by atoms with Crippen molar-refractivity contribution in [2.75, 3.05) is 42.8 Å². The van der Waals surface area contributed by atoms with Crippen molar-refractivity contribution in [3.05, 3.63) is 89.5 Å². The van der Waals surface area contributed by atoms with Crippen molar-refractivity contribution < 1.29 is 9.53 Å². The number of nitrogens with one attached hydrogen (secondary N) is 1. The van der Waals surface area contributed by atoms with Crippen LogP contribution in [-0.2, 0) is 4.74 Å². The molecule has 4 aliphatic rings. The molecule has 3 aromatic carbocycles. The minimum atomic E-state index is -0.304. The smallest absolute Gasteiger partial charge is 0.412 e. The zero-order valence-electron chi connectivity index (χ0n) is 24.4. The maximum atomic E-state index is 13.0. The van der Waals surface area contributed by atoms with E-state index >= 15 is 0 Å². The van der Waals surface area contributed by atoms with Gasteiger partial charge in [-0.2, -0.15) is 0 Å². The van der Waals surface area contributed by atoms with Gasteiger partial charge in [0, 0.05) is 50.7 Å². The summed E-state index contributed by atoms with van der Waals surface area (Å²) in [4.78, 5) is 17.4. The number of hydrogen-bond donors (Lipinski definition) is 1. The Kier molecular flexibility index (Phi) is 7.24. The summed E-state index contributed by atoms with van der Waals surface area (Å²) < 4.78 is 6.18. The Morgan fingerprint density at radius 2 is 1.23 bits per heavy atom. The fourth-order valence-electron chi connectivity index (χ4n) is 7.90. The standard InChI is InChI=1S/C35H43N3O2/c1-5-38(4)32-16-10-29(11-17-32)33(28-8-14-31(15-9-28)37(2)3)27-6-12-30(13-7-27)36-34(39)40-35-21-24-18-25(22-35)20-26(19-24)23-35/h6-17,24-26,33H,5,18-23H2,1-4H3,(H,36,39). The molecule has 1 amide bonds. The van der Waals surface area contributed by atoms with Gasteiger partial charge in [-0.25, -0.2) is 4.79 Å². The lowest BCUT2D eigenvalue weighted by Gasteiger charge is -2.55. The lowest BCUT2D eigenvalue weighted by molar-refractivity contribution is -0.124. The van der Waals surface area contributed by atoms with E-state index in [1.165, 1.54) is 47.3 Å². The fraction of sp³-hybridized carbons (Fsp3) is 0.457. The molecule has 1 N–H and O–H groups in total. The second-order valence-electron chi connectivity index (χ2n) is 12.8. The summed E-state index contributed by atoms with van der Waals surface area (Å²) in [5, 5.41) is 3.04. The summed E-state index contributed by atoms with van der Waals surface area (Å²) in [6, 6.07) is 26.0. The van der Waals surface area contributed by atoms with E-state index in [9.17, 15) is 4.79 Å². The van der Waals surface area contributed by atoms with E-state index in [-0.39, 0.29) is 17.6 Å². The van der Waals surface area contributed by atoms with Crippen LogP contribution >= 0.6 is 0 Å². The first-order valence-corrected chi connectivity index (χ1v) is 15.0. The quantitative estimate of drug-likeness (QED) is 0.297. The number of hydrogen-bond acceptors (Lipinski definition) is 4. The van der Waals surface area contributed by atoms with Gasteiger partial charge in [0.1, 0.15) is 5.60 Å². The zero-order chi connectivity index (χ0) is 27.9. The normalized spacial score (nSPS) is 25.4. The molecular weight excluding hydrogens is 494 g/mol. The number of nitrogens with zero attached hydrogens (tertiary/aromatic N) is 2. The second kappa shape index (κ2) is 10.8. The Bertz CT molecular complexity index is 1280. The van der Waals surface area contributed by atoms with Crippen LogP contribution in [0.2, 0.25) is 0 Å². The fourth-order valence-corrected chi connectivity index (χ4v) is 7.90. The first kappa shape index (κ1) is 26.7. The molecule has 4 aliphatic carbocycles. The molecule has 0 spiro atoms. The van der Waals surface area contributed by atoms with Gasteiger partial charge in [-0.05, 0) is 116 Å². The van der Waals surface area contributed by atoms with Gasteiger partial charge in [0.15, 0.2) is 0 Å². The highest BCUT2D eigenvalue weighted by atomic mass is 16.6. The molecule has 210 valence electrons. The third-order valence-electron chi connectivity index (χ3n) is 9.67. The third kappa shape index (κ3) is 5.43. The van der Waals surface area contributed by atoms with E-state index in [1.54, 1.807) is 0 Å². The van der Waals surface area contributed by atoms with E-state index in [0.29, 0.717) is 0 Å². The van der Waals surface area contributed by atoms with Crippen LogP contribution in [0.25, 0.3) is 0 Å². The average Bonchev–Trinajstić information content (AvgIpc) is 2.93. The summed E-state index contributed by atoms with van der Waals surface area (Å²) in [5.41, 5.74) is 6.61. The maximum Gasteiger partial charge on any atom is 0.412 e. The maximum absolute atomic E-state index is 13.0. The number of anilines is 3. The van der Waals surface area contributed by atoms with Crippen LogP contribution in [0.3, 0.4) is 0 Å². The van der Waals surface area contributed by atoms with Gasteiger partial charge in [-0.3, -0.25) is 5.32 Å². The third-order valence-corrected chi connectivity index (χ3v) is 9.67. The Labute approximate surface area is 239 Å². The van der Waals surface area contributed by atoms with Gasteiger partial charge in [-0.1, -0.05) is 36.4 Å². The van der Waals surface area contributed by atoms with Crippen LogP contribution in [0, 0.1) is 17.8 Å². The van der Waals surface area contributed by atoms with Crippen LogP contribution in [0.5, 0.6) is 0 Å². The molecule has 40 heavy (non-hydrogen) atoms. The van der Waals surface area contributed by atoms with Crippen LogP contribution < -0.4 is 15.1 Å². The van der Waals surface area contributed by atoms with E-state index in [1.807, 2.05) is 12.1 Å². The van der Waals surface area contributed by atoms with Crippen LogP contribution in [0.4, 0.5) is 21.9 Å². The summed E-state index contributed by atoms with van der Waals surface area (Å²) in [6.07, 6.45) is 6.85. The molecule has 1 unspecified atom stereocenters. The summed E-state index contributed by atoms with van der Waals surface area (Å²) in [7, 11) is 6.25. The van der Waals surface area contributed by atoms with Gasteiger partial charge >= 0.3 is 6.09 Å². The number of amides is 1. The highest BCUT2D eigenvalue weighted by molar-refractivity contribution is 5.85. The average molecular weight is 538 g/mol. The first-order valence-electron chi connectivity index (χ1n) is 15.0. The van der Waals surface area contributed by atoms with Crippen molar-refractivity contribution in [3.63, 3.8) is 0 Å². The van der Waals surface area contributed by atoms with Crippen molar-refractivity contribution in [3.8, 4) is 0 Å². The van der Waals surface area contributed by atoms with Crippen LogP contribution in [0.15, 0.2) is 72.8 Å². The first-order chi connectivity index (χ1) is 19.3. The number of ether oxygens (including phenoxy) is 1. The van der Waals surface area contributed by atoms with Crippen molar-refractivity contribution in [1.29, 1.82) is 0 Å². The molecule has 4 saturated carbocycles. The zero-order valence-corrected chi connectivity index (χ0v) is 24.4. The highest BCUT2D eigenvalue weighted by Crippen LogP contribution is 2.57. The Morgan fingerprint density at radius 3 is 1.68 bits per heavy atom. The molecule has 0 heterocycles. The molecule has 0 aromatic heterocycles. The lowest BCUT2D eigenvalue weighted by atomic mass is 9.54. The molecule has 5 heteroatoms. The number of rotatable bonds is 8. The van der Waals surface area contributed by atoms with Gasteiger partial charge in [0.2, 0.25) is 0 Å². The van der Waals surface area contributed by atoms with Crippen LogP contribution in [0.1, 0.15) is 68.1 Å². The van der Waals surface area contributed by atoms with E-state index in [0.717, 1.165) is 49.2 Å². The predicted octanol–water partition coefficient (Wildman–Crippen LogP) is 7.91. The molecule has 0 aliphatic heterocycles. The second-order valence-corrected chi connectivity index (χ2v) is 12.8. The number of benzene rings is 3. The molecule has 1 atom stereocenters. The number of carbonyl (C=O) groups excluding carboxylic acids is 1. The Balaban J connectivity index is 1.21. The van der Waals surface area contributed by atoms with Gasteiger partial charge < -0.3 is 14.5 Å². The SMILES string of the molecule is CCN(C)c1ccc(C(c2ccc(NC(=O)OC34CC5CC(CC(C5)C3)C4)cc2)c2ccc(N(C)C)cc2)cc1. The molecular formula is C35H43N3O2. The monoisotopic (exact) mass is 537 g/mol. The molecule has 4 fully saturated rings. The van der Waals surface area contributed by atoms with E-state index in [4.69, 9.17) is 4.74 Å². The van der Waals surface area contributed by atoms with Crippen molar-refractivity contribution >= 4 is 23.2 Å². The summed E-state index contributed by atoms with van der Waals surface area (Å²) in [6.45, 7) is 3.13. The highest BCUT2D eigenvalue weighted by Gasteiger charge is 2.53. The van der Waals surface area contributed by atoms with E-state index in [2.05, 4.69) is 104 Å². The van der Waals surface area contributed by atoms with Gasteiger partial charge in [0.25, 0.3) is 0 Å². The largest absolute Gasteiger partial charge is 0.443 e. The molecule has 3 aromatic rings. The predicted molar refractivity (Wildman–Crippen MR) is 165 cm³/mol. The van der Waals surface area contributed by atoms with Gasteiger partial charge in [-0.15, -0.1) is 0 Å². The van der Waals surface area contributed by atoms with E-state index < -0.39 is 0 Å². The van der Waals surface area contributed by atoms with Crippen molar-refractivity contribution in [1.82, 2.24) is 0 Å². The Morgan fingerprint density at radius 1 is 0.775 bits per heavy atom. The van der Waals surface area contributed by atoms with Crippen molar-refractivity contribution in [2.45, 2.75) is 57.0 Å². The molecule has 0 radical (unpaired) electrons. The lowest BCUT2D eigenvalue weighted by Crippen LogP contribution is -2.53. The molecule has 0 saturated heterocycles. The molecule has 7 rings (SSSR count). The molecule has 4 bridgehead atoms.